The van der Waals surface area contributed by atoms with Crippen molar-refractivity contribution in [3.05, 3.63) is 66.9 Å². The van der Waals surface area contributed by atoms with E-state index in [2.05, 4.69) is 35.8 Å². The van der Waals surface area contributed by atoms with Crippen LogP contribution in [-0.2, 0) is 0 Å². The summed E-state index contributed by atoms with van der Waals surface area (Å²) < 4.78 is 5.24. The van der Waals surface area contributed by atoms with Crippen LogP contribution in [-0.4, -0.2) is 10.7 Å². The minimum atomic E-state index is 0.651. The summed E-state index contributed by atoms with van der Waals surface area (Å²) in [5, 5.41) is 0. The summed E-state index contributed by atoms with van der Waals surface area (Å²) in [5.41, 5.74) is 6.01. The van der Waals surface area contributed by atoms with E-state index >= 15 is 0 Å². The highest BCUT2D eigenvalue weighted by Gasteiger charge is 2.13. The third kappa shape index (κ3) is 5.99. The van der Waals surface area contributed by atoms with Gasteiger partial charge >= 0.3 is 0 Å². The van der Waals surface area contributed by atoms with Gasteiger partial charge in [0.2, 0.25) is 0 Å². The van der Waals surface area contributed by atoms with Crippen LogP contribution in [0, 0.1) is 6.92 Å². The maximum atomic E-state index is 5.24. The van der Waals surface area contributed by atoms with E-state index in [4.69, 9.17) is 4.42 Å². The first-order valence-electron chi connectivity index (χ1n) is 9.03. The average molecular weight is 353 g/mol. The van der Waals surface area contributed by atoms with Crippen molar-refractivity contribution in [2.75, 3.05) is 0 Å². The Labute approximate surface area is 158 Å². The number of fused-ring (bicyclic) bond motifs is 1. The summed E-state index contributed by atoms with van der Waals surface area (Å²) in [6.45, 7) is 25.0. The van der Waals surface area contributed by atoms with E-state index in [0.717, 1.165) is 28.2 Å². The quantitative estimate of drug-likeness (QED) is 0.560. The molecule has 3 heteroatoms. The van der Waals surface area contributed by atoms with Crippen molar-refractivity contribution < 1.29 is 4.42 Å². The van der Waals surface area contributed by atoms with E-state index in [1.165, 1.54) is 5.56 Å². The fourth-order valence-electron chi connectivity index (χ4n) is 2.16. The Bertz CT molecular complexity index is 779. The Hall–Kier alpha value is -2.68. The molecule has 0 aliphatic carbocycles. The lowest BCUT2D eigenvalue weighted by Crippen LogP contribution is -1.85. The zero-order chi connectivity index (χ0) is 20.3. The van der Waals surface area contributed by atoms with Gasteiger partial charge in [0.25, 0.3) is 0 Å². The highest BCUT2D eigenvalue weighted by molar-refractivity contribution is 6.27. The number of aryl methyl sites for hydroxylation is 1. The molecule has 1 aliphatic heterocycles. The first-order chi connectivity index (χ1) is 12.4. The van der Waals surface area contributed by atoms with Gasteiger partial charge < -0.3 is 4.42 Å². The molecule has 0 spiro atoms. The van der Waals surface area contributed by atoms with Crippen LogP contribution < -0.4 is 0 Å². The van der Waals surface area contributed by atoms with Crippen molar-refractivity contribution >= 4 is 28.6 Å². The summed E-state index contributed by atoms with van der Waals surface area (Å²) in [7, 11) is 0. The van der Waals surface area contributed by atoms with Gasteiger partial charge in [0.1, 0.15) is 5.69 Å². The molecule has 0 saturated carbocycles. The Morgan fingerprint density at radius 2 is 1.65 bits per heavy atom. The van der Waals surface area contributed by atoms with Gasteiger partial charge in [-0.25, -0.2) is 4.98 Å². The van der Waals surface area contributed by atoms with Gasteiger partial charge in [-0.2, -0.15) is 0 Å². The van der Waals surface area contributed by atoms with E-state index in [1.807, 2.05) is 59.7 Å². The summed E-state index contributed by atoms with van der Waals surface area (Å²) in [4.78, 5) is 8.49. The molecule has 0 saturated heterocycles. The maximum absolute atomic E-state index is 5.24. The second kappa shape index (κ2) is 11.8. The lowest BCUT2D eigenvalue weighted by Gasteiger charge is -1.95. The van der Waals surface area contributed by atoms with Crippen LogP contribution in [0.25, 0.3) is 17.2 Å². The van der Waals surface area contributed by atoms with Crippen LogP contribution in [0.2, 0.25) is 0 Å². The topological polar surface area (TPSA) is 38.4 Å². The van der Waals surface area contributed by atoms with Gasteiger partial charge in [-0.15, -0.1) is 0 Å². The molecule has 26 heavy (non-hydrogen) atoms. The Kier molecular flexibility index (Phi) is 10.6. The smallest absolute Gasteiger partial charge is 0.192 e. The predicted molar refractivity (Wildman–Crippen MR) is 117 cm³/mol. The molecular weight excluding hydrogens is 320 g/mol. The number of aromatic nitrogens is 1. The van der Waals surface area contributed by atoms with Gasteiger partial charge in [0.05, 0.1) is 5.69 Å². The van der Waals surface area contributed by atoms with Crippen LogP contribution >= 0.6 is 0 Å². The van der Waals surface area contributed by atoms with E-state index in [0.29, 0.717) is 11.7 Å². The molecule has 1 aliphatic rings. The normalized spacial score (nSPS) is 10.7. The summed E-state index contributed by atoms with van der Waals surface area (Å²) >= 11 is 0. The summed E-state index contributed by atoms with van der Waals surface area (Å²) in [6, 6.07) is 8.07. The van der Waals surface area contributed by atoms with Gasteiger partial charge in [-0.3, -0.25) is 4.99 Å². The minimum Gasteiger partial charge on any atom is -0.441 e. The number of oxazole rings is 1. The van der Waals surface area contributed by atoms with Crippen LogP contribution in [0.1, 0.15) is 64.5 Å². The van der Waals surface area contributed by atoms with Crippen molar-refractivity contribution in [2.45, 2.75) is 48.5 Å². The molecule has 1 aromatic carbocycles. The first kappa shape index (κ1) is 23.3. The maximum Gasteiger partial charge on any atom is 0.192 e. The predicted octanol–water partition coefficient (Wildman–Crippen LogP) is 7.52. The largest absolute Gasteiger partial charge is 0.441 e. The Morgan fingerprint density at radius 3 is 2.12 bits per heavy atom. The second-order valence-corrected chi connectivity index (χ2v) is 5.12. The standard InChI is InChI=1S/C10H9N.C9H11NO.2C2H6/c1-7-8(2)11-10-6-4-3-5-9(7)10;1-5-8-9(6(2)3)10-7(4)11-8;2*1-2/h3-6H,1H2,2H3;5H,1-2H2,3-4H3;2*1-2H3. The SMILES string of the molecule is C=C1C(C)=Nc2ccccc21.C=Cc1oc(C)nc1C(=C)C.CC.CC. The van der Waals surface area contributed by atoms with Crippen LogP contribution in [0.4, 0.5) is 5.69 Å². The minimum absolute atomic E-state index is 0.651. The number of allylic oxidation sites excluding steroid dienone is 2. The zero-order valence-electron chi connectivity index (χ0n) is 17.3. The third-order valence-corrected chi connectivity index (χ3v) is 3.30. The fraction of sp³-hybridized carbons (Fsp3) is 0.304. The molecule has 3 nitrogen and oxygen atoms in total. The molecule has 0 amide bonds. The number of nitrogens with zero attached hydrogens (tertiary/aromatic N) is 2. The molecular formula is C23H32N2O. The average Bonchev–Trinajstić information content (AvgIpc) is 3.19. The molecule has 2 aromatic rings. The number of rotatable bonds is 2. The van der Waals surface area contributed by atoms with Crippen LogP contribution in [0.5, 0.6) is 0 Å². The molecule has 0 bridgehead atoms. The zero-order valence-corrected chi connectivity index (χ0v) is 17.3. The van der Waals surface area contributed by atoms with Gasteiger partial charge in [-0.05, 0) is 37.1 Å². The number of hydrogen-bond acceptors (Lipinski definition) is 3. The monoisotopic (exact) mass is 352 g/mol. The third-order valence-electron chi connectivity index (χ3n) is 3.30. The molecule has 0 fully saturated rings. The van der Waals surface area contributed by atoms with Crippen molar-refractivity contribution in [3.8, 4) is 0 Å². The number of aliphatic imine (C=N–C) groups is 1. The lowest BCUT2D eigenvalue weighted by atomic mass is 10.1. The van der Waals surface area contributed by atoms with E-state index < -0.39 is 0 Å². The molecule has 0 N–H and O–H groups in total. The van der Waals surface area contributed by atoms with Crippen molar-refractivity contribution in [2.24, 2.45) is 4.99 Å². The van der Waals surface area contributed by atoms with Crippen LogP contribution in [0.15, 0.2) is 53.4 Å². The van der Waals surface area contributed by atoms with Crippen molar-refractivity contribution in [3.63, 3.8) is 0 Å². The molecule has 140 valence electrons. The fourth-order valence-corrected chi connectivity index (χ4v) is 2.16. The molecule has 0 atom stereocenters. The van der Waals surface area contributed by atoms with Crippen molar-refractivity contribution in [1.82, 2.24) is 4.98 Å². The van der Waals surface area contributed by atoms with Crippen molar-refractivity contribution in [1.29, 1.82) is 0 Å². The summed E-state index contributed by atoms with van der Waals surface area (Å²) in [5.74, 6) is 1.35. The molecule has 0 radical (unpaired) electrons. The molecule has 1 aromatic heterocycles. The van der Waals surface area contributed by atoms with Gasteiger partial charge in [-0.1, -0.05) is 65.6 Å². The van der Waals surface area contributed by atoms with Gasteiger partial charge in [0.15, 0.2) is 11.7 Å². The molecule has 3 rings (SSSR count). The van der Waals surface area contributed by atoms with E-state index in [-0.39, 0.29) is 0 Å². The van der Waals surface area contributed by atoms with Gasteiger partial charge in [0, 0.05) is 18.2 Å². The highest BCUT2D eigenvalue weighted by atomic mass is 16.4. The van der Waals surface area contributed by atoms with E-state index in [9.17, 15) is 0 Å². The number of hydrogen-bond donors (Lipinski definition) is 0. The first-order valence-corrected chi connectivity index (χ1v) is 9.03. The summed E-state index contributed by atoms with van der Waals surface area (Å²) in [6.07, 6.45) is 1.64. The molecule has 0 unspecified atom stereocenters. The Balaban J connectivity index is 0.000000404. The molecule has 2 heterocycles. The van der Waals surface area contributed by atoms with Crippen LogP contribution in [0.3, 0.4) is 0 Å². The number of para-hydroxylation sites is 1. The highest BCUT2D eigenvalue weighted by Crippen LogP contribution is 2.32. The number of benzene rings is 1. The van der Waals surface area contributed by atoms with E-state index in [1.54, 1.807) is 13.0 Å². The lowest BCUT2D eigenvalue weighted by molar-refractivity contribution is 0.513. The Morgan fingerprint density at radius 1 is 1.08 bits per heavy atom. The second-order valence-electron chi connectivity index (χ2n) is 5.12.